The van der Waals surface area contributed by atoms with Crippen LogP contribution in [0.15, 0.2) is 81.9 Å². The van der Waals surface area contributed by atoms with Crippen molar-refractivity contribution >= 4 is 72.6 Å². The zero-order valence-electron chi connectivity index (χ0n) is 20.0. The van der Waals surface area contributed by atoms with Gasteiger partial charge in [0.15, 0.2) is 5.65 Å². The van der Waals surface area contributed by atoms with Gasteiger partial charge in [0, 0.05) is 9.86 Å². The molecule has 0 saturated heterocycles. The van der Waals surface area contributed by atoms with Gasteiger partial charge in [0.05, 0.1) is 34.9 Å². The fourth-order valence-corrected chi connectivity index (χ4v) is 4.85. The second kappa shape index (κ2) is 8.94. The monoisotopic (exact) mass is 553 g/mol. The van der Waals surface area contributed by atoms with Gasteiger partial charge in [-0.2, -0.15) is 10.1 Å². The summed E-state index contributed by atoms with van der Waals surface area (Å²) in [7, 11) is 1.60. The zero-order chi connectivity index (χ0) is 25.7. The van der Waals surface area contributed by atoms with Crippen molar-refractivity contribution in [2.24, 2.45) is 5.10 Å². The van der Waals surface area contributed by atoms with Crippen LogP contribution >= 0.6 is 15.9 Å². The van der Waals surface area contributed by atoms with Crippen molar-refractivity contribution in [2.45, 2.75) is 13.5 Å². The predicted molar refractivity (Wildman–Crippen MR) is 146 cm³/mol. The van der Waals surface area contributed by atoms with Crippen LogP contribution in [0.1, 0.15) is 12.5 Å². The van der Waals surface area contributed by atoms with Crippen molar-refractivity contribution in [3.8, 4) is 5.75 Å². The number of fused-ring (bicyclic) bond motifs is 4. The van der Waals surface area contributed by atoms with Gasteiger partial charge in [-0.25, -0.2) is 9.97 Å². The molecule has 0 saturated carbocycles. The average Bonchev–Trinajstić information content (AvgIpc) is 3.35. The smallest absolute Gasteiger partial charge is 0.283 e. The highest BCUT2D eigenvalue weighted by molar-refractivity contribution is 9.10. The first-order valence-electron chi connectivity index (χ1n) is 11.6. The van der Waals surface area contributed by atoms with Crippen LogP contribution in [0.4, 0.5) is 0 Å². The van der Waals surface area contributed by atoms with Crippen LogP contribution in [0.2, 0.25) is 0 Å². The van der Waals surface area contributed by atoms with Gasteiger partial charge < -0.3 is 9.30 Å². The van der Waals surface area contributed by atoms with Gasteiger partial charge in [0.1, 0.15) is 17.8 Å². The molecule has 3 heterocycles. The lowest BCUT2D eigenvalue weighted by Crippen LogP contribution is -2.32. The van der Waals surface area contributed by atoms with Gasteiger partial charge in [0.2, 0.25) is 0 Å². The fourth-order valence-electron chi connectivity index (χ4n) is 4.49. The Labute approximate surface area is 220 Å². The van der Waals surface area contributed by atoms with E-state index >= 15 is 0 Å². The fraction of sp³-hybridized carbons (Fsp3) is 0.107. The van der Waals surface area contributed by atoms with Crippen molar-refractivity contribution in [2.75, 3.05) is 7.11 Å². The zero-order valence-corrected chi connectivity index (χ0v) is 21.6. The third-order valence-corrected chi connectivity index (χ3v) is 6.82. The molecule has 3 aromatic carbocycles. The van der Waals surface area contributed by atoms with Gasteiger partial charge in [-0.05, 0) is 61.0 Å². The van der Waals surface area contributed by atoms with Gasteiger partial charge >= 0.3 is 0 Å². The molecular formula is C28H20BrN5O3. The maximum Gasteiger partial charge on any atom is 0.283 e. The molecule has 0 aliphatic carbocycles. The van der Waals surface area contributed by atoms with E-state index in [1.54, 1.807) is 24.7 Å². The predicted octanol–water partition coefficient (Wildman–Crippen LogP) is 5.34. The van der Waals surface area contributed by atoms with E-state index in [2.05, 4.69) is 21.0 Å². The van der Waals surface area contributed by atoms with Crippen molar-refractivity contribution < 1.29 is 14.3 Å². The van der Waals surface area contributed by atoms with Crippen LogP contribution in [0.25, 0.3) is 39.2 Å². The first-order chi connectivity index (χ1) is 17.9. The molecule has 2 aromatic heterocycles. The number of carbonyl (C=O) groups is 2. The lowest BCUT2D eigenvalue weighted by molar-refractivity contribution is -0.141. The van der Waals surface area contributed by atoms with Crippen molar-refractivity contribution in [1.29, 1.82) is 0 Å². The van der Waals surface area contributed by atoms with Crippen molar-refractivity contribution in [1.82, 2.24) is 19.5 Å². The highest BCUT2D eigenvalue weighted by atomic mass is 79.9. The number of carbonyl (C=O) groups excluding carboxylic acids is 2. The molecule has 1 aliphatic heterocycles. The third kappa shape index (κ3) is 3.97. The van der Waals surface area contributed by atoms with Gasteiger partial charge in [-0.1, -0.05) is 40.2 Å². The van der Waals surface area contributed by atoms with Crippen LogP contribution in [0.5, 0.6) is 5.75 Å². The molecule has 8 nitrogen and oxygen atoms in total. The summed E-state index contributed by atoms with van der Waals surface area (Å²) in [5.41, 5.74) is 5.20. The van der Waals surface area contributed by atoms with Crippen LogP contribution in [-0.4, -0.2) is 44.2 Å². The first kappa shape index (κ1) is 23.1. The second-order valence-electron chi connectivity index (χ2n) is 8.66. The summed E-state index contributed by atoms with van der Waals surface area (Å²) in [5, 5.41) is 6.09. The Morgan fingerprint density at radius 1 is 1.03 bits per heavy atom. The quantitative estimate of drug-likeness (QED) is 0.280. The molecule has 5 aromatic rings. The summed E-state index contributed by atoms with van der Waals surface area (Å²) in [5.74, 6) is -0.200. The highest BCUT2D eigenvalue weighted by Gasteiger charge is 2.33. The standard InChI is InChI=1S/C28H20BrN5O3/c1-16-20(13-17-7-10-19(37-2)11-8-17)28(36)34(32-16)25(35)15-33-24-12-9-18(29)14-21(24)26-27(33)31-23-6-4-3-5-22(23)30-26/h3-14H,15H2,1-2H3. The van der Waals surface area contributed by atoms with Crippen LogP contribution < -0.4 is 4.74 Å². The summed E-state index contributed by atoms with van der Waals surface area (Å²) in [6.07, 6.45) is 1.73. The van der Waals surface area contributed by atoms with Gasteiger partial charge in [-0.15, -0.1) is 0 Å². The minimum atomic E-state index is -0.460. The van der Waals surface area contributed by atoms with E-state index in [1.165, 1.54) is 0 Å². The molecule has 0 N–H and O–H groups in total. The second-order valence-corrected chi connectivity index (χ2v) is 9.58. The number of ether oxygens (including phenoxy) is 1. The van der Waals surface area contributed by atoms with Crippen LogP contribution in [0.3, 0.4) is 0 Å². The largest absolute Gasteiger partial charge is 0.497 e. The number of hydrogen-bond donors (Lipinski definition) is 0. The number of halogens is 1. The normalized spacial score (nSPS) is 14.8. The molecule has 0 radical (unpaired) electrons. The number of methoxy groups -OCH3 is 1. The lowest BCUT2D eigenvalue weighted by Gasteiger charge is -2.12. The van der Waals surface area contributed by atoms with Crippen molar-refractivity contribution in [3.05, 3.63) is 82.3 Å². The highest BCUT2D eigenvalue weighted by Crippen LogP contribution is 2.31. The molecular weight excluding hydrogens is 534 g/mol. The maximum atomic E-state index is 13.4. The summed E-state index contributed by atoms with van der Waals surface area (Å²) in [6, 6.07) is 20.7. The molecule has 2 amide bonds. The Bertz CT molecular complexity index is 1800. The molecule has 1 aliphatic rings. The van der Waals surface area contributed by atoms with E-state index in [0.717, 1.165) is 42.7 Å². The Hall–Kier alpha value is -4.37. The number of benzene rings is 3. The number of para-hydroxylation sites is 2. The Morgan fingerprint density at radius 3 is 2.49 bits per heavy atom. The number of nitrogens with zero attached hydrogens (tertiary/aromatic N) is 5. The first-order valence-corrected chi connectivity index (χ1v) is 12.3. The summed E-state index contributed by atoms with van der Waals surface area (Å²) < 4.78 is 7.88. The van der Waals surface area contributed by atoms with E-state index in [4.69, 9.17) is 14.7 Å². The lowest BCUT2D eigenvalue weighted by atomic mass is 10.1. The molecule has 9 heteroatoms. The average molecular weight is 554 g/mol. The number of amides is 2. The summed E-state index contributed by atoms with van der Waals surface area (Å²) in [6.45, 7) is 1.60. The SMILES string of the molecule is COc1ccc(C=C2C(=O)N(C(=O)Cn3c4ccc(Br)cc4c4nc5ccccc5nc43)N=C2C)cc1. The Morgan fingerprint density at radius 2 is 1.76 bits per heavy atom. The molecule has 0 atom stereocenters. The minimum absolute atomic E-state index is 0.118. The van der Waals surface area contributed by atoms with E-state index in [9.17, 15) is 9.59 Å². The molecule has 6 rings (SSSR count). The molecule has 0 fully saturated rings. The molecule has 37 heavy (non-hydrogen) atoms. The van der Waals surface area contributed by atoms with Crippen LogP contribution in [-0.2, 0) is 16.1 Å². The maximum absolute atomic E-state index is 13.4. The topological polar surface area (TPSA) is 89.7 Å². The molecule has 0 unspecified atom stereocenters. The molecule has 182 valence electrons. The number of rotatable bonds is 4. The van der Waals surface area contributed by atoms with Gasteiger partial charge in [0.25, 0.3) is 11.8 Å². The number of imide groups is 1. The number of aromatic nitrogens is 3. The van der Waals surface area contributed by atoms with Crippen LogP contribution in [0, 0.1) is 0 Å². The van der Waals surface area contributed by atoms with Gasteiger partial charge in [-0.3, -0.25) is 9.59 Å². The van der Waals surface area contributed by atoms with Crippen molar-refractivity contribution in [3.63, 3.8) is 0 Å². The minimum Gasteiger partial charge on any atom is -0.497 e. The van der Waals surface area contributed by atoms with E-state index < -0.39 is 11.8 Å². The Balaban J connectivity index is 1.38. The number of hydrazone groups is 1. The molecule has 0 bridgehead atoms. The summed E-state index contributed by atoms with van der Waals surface area (Å²) in [4.78, 5) is 36.3. The van der Waals surface area contributed by atoms with E-state index in [0.29, 0.717) is 22.4 Å². The van der Waals surface area contributed by atoms with E-state index in [-0.39, 0.29) is 6.54 Å². The van der Waals surface area contributed by atoms with E-state index in [1.807, 2.05) is 66.7 Å². The Kier molecular flexibility index (Phi) is 5.57. The number of hydrogen-bond acceptors (Lipinski definition) is 6. The third-order valence-electron chi connectivity index (χ3n) is 6.33. The summed E-state index contributed by atoms with van der Waals surface area (Å²) >= 11 is 3.53. The molecule has 0 spiro atoms.